The summed E-state index contributed by atoms with van der Waals surface area (Å²) in [5.41, 5.74) is 6.95. The summed E-state index contributed by atoms with van der Waals surface area (Å²) >= 11 is 0. The molecule has 0 aliphatic heterocycles. The Bertz CT molecular complexity index is 548. The van der Waals surface area contributed by atoms with Crippen LogP contribution in [0.15, 0.2) is 18.2 Å². The number of para-hydroxylation sites is 1. The van der Waals surface area contributed by atoms with Crippen LogP contribution < -0.4 is 5.73 Å². The van der Waals surface area contributed by atoms with E-state index in [0.717, 1.165) is 43.7 Å². The van der Waals surface area contributed by atoms with Gasteiger partial charge in [-0.1, -0.05) is 13.0 Å². The minimum atomic E-state index is -0.235. The lowest BCUT2D eigenvalue weighted by molar-refractivity contribution is 0.488. The van der Waals surface area contributed by atoms with E-state index < -0.39 is 0 Å². The first-order valence-electron chi connectivity index (χ1n) is 7.01. The average molecular weight is 263 g/mol. The van der Waals surface area contributed by atoms with Crippen LogP contribution in [0.2, 0.25) is 0 Å². The molecule has 1 atom stereocenters. The zero-order chi connectivity index (χ0) is 13.8. The van der Waals surface area contributed by atoms with Gasteiger partial charge in [-0.05, 0) is 44.4 Å². The summed E-state index contributed by atoms with van der Waals surface area (Å²) < 4.78 is 15.8. The first-order chi connectivity index (χ1) is 9.17. The number of aryl methyl sites for hydroxylation is 2. The molecule has 1 unspecified atom stereocenters. The minimum Gasteiger partial charge on any atom is -0.330 e. The number of fused-ring (bicyclic) bond motifs is 1. The van der Waals surface area contributed by atoms with Crippen LogP contribution in [-0.4, -0.2) is 16.1 Å². The zero-order valence-electron chi connectivity index (χ0n) is 11.7. The van der Waals surface area contributed by atoms with E-state index in [0.29, 0.717) is 11.4 Å². The van der Waals surface area contributed by atoms with E-state index in [-0.39, 0.29) is 5.82 Å². The highest BCUT2D eigenvalue weighted by Gasteiger charge is 2.13. The Morgan fingerprint density at radius 3 is 2.84 bits per heavy atom. The van der Waals surface area contributed by atoms with Gasteiger partial charge in [0.15, 0.2) is 5.82 Å². The van der Waals surface area contributed by atoms with Crippen LogP contribution in [0.25, 0.3) is 11.0 Å². The van der Waals surface area contributed by atoms with Crippen LogP contribution in [0.1, 0.15) is 32.5 Å². The third-order valence-electron chi connectivity index (χ3n) is 3.65. The highest BCUT2D eigenvalue weighted by atomic mass is 19.1. The SMILES string of the molecule is CCn1c(CCC(C)CCN)nc2c(F)cccc21. The number of hydrogen-bond donors (Lipinski definition) is 1. The molecule has 104 valence electrons. The molecule has 1 heterocycles. The monoisotopic (exact) mass is 263 g/mol. The van der Waals surface area contributed by atoms with Crippen molar-refractivity contribution in [1.29, 1.82) is 0 Å². The summed E-state index contributed by atoms with van der Waals surface area (Å²) in [5, 5.41) is 0. The number of nitrogens with two attached hydrogens (primary N) is 1. The van der Waals surface area contributed by atoms with Crippen LogP contribution in [0.4, 0.5) is 4.39 Å². The molecule has 0 fully saturated rings. The largest absolute Gasteiger partial charge is 0.330 e. The number of halogens is 1. The van der Waals surface area contributed by atoms with E-state index >= 15 is 0 Å². The van der Waals surface area contributed by atoms with Gasteiger partial charge in [0.25, 0.3) is 0 Å². The van der Waals surface area contributed by atoms with Gasteiger partial charge in [0.1, 0.15) is 11.3 Å². The second kappa shape index (κ2) is 6.15. The van der Waals surface area contributed by atoms with E-state index in [4.69, 9.17) is 5.73 Å². The van der Waals surface area contributed by atoms with Crippen molar-refractivity contribution < 1.29 is 4.39 Å². The second-order valence-electron chi connectivity index (χ2n) is 5.10. The maximum absolute atomic E-state index is 13.7. The van der Waals surface area contributed by atoms with Gasteiger partial charge in [-0.2, -0.15) is 0 Å². The molecule has 2 aromatic rings. The van der Waals surface area contributed by atoms with E-state index in [1.807, 2.05) is 6.07 Å². The van der Waals surface area contributed by atoms with E-state index in [1.54, 1.807) is 6.07 Å². The standard InChI is InChI=1S/C15H22FN3/c1-3-19-13-6-4-5-12(16)15(13)18-14(19)8-7-11(2)9-10-17/h4-6,11H,3,7-10,17H2,1-2H3. The van der Waals surface area contributed by atoms with Crippen molar-refractivity contribution in [2.75, 3.05) is 6.54 Å². The summed E-state index contributed by atoms with van der Waals surface area (Å²) in [6.07, 6.45) is 2.95. The molecular formula is C15H22FN3. The molecule has 2 N–H and O–H groups in total. The van der Waals surface area contributed by atoms with E-state index in [2.05, 4.69) is 23.4 Å². The number of imidazole rings is 1. The molecular weight excluding hydrogens is 241 g/mol. The number of rotatable bonds is 6. The van der Waals surface area contributed by atoms with Gasteiger partial charge in [-0.15, -0.1) is 0 Å². The van der Waals surface area contributed by atoms with Crippen molar-refractivity contribution in [3.05, 3.63) is 29.8 Å². The molecule has 0 aliphatic carbocycles. The molecule has 0 saturated heterocycles. The van der Waals surface area contributed by atoms with Crippen LogP contribution in [-0.2, 0) is 13.0 Å². The normalized spacial score (nSPS) is 13.1. The summed E-state index contributed by atoms with van der Waals surface area (Å²) in [6.45, 7) is 5.81. The number of aromatic nitrogens is 2. The van der Waals surface area contributed by atoms with Crippen molar-refractivity contribution in [1.82, 2.24) is 9.55 Å². The molecule has 0 radical (unpaired) electrons. The van der Waals surface area contributed by atoms with Crippen molar-refractivity contribution in [3.8, 4) is 0 Å². The first-order valence-corrected chi connectivity index (χ1v) is 7.01. The molecule has 0 amide bonds. The third-order valence-corrected chi connectivity index (χ3v) is 3.65. The van der Waals surface area contributed by atoms with E-state index in [9.17, 15) is 4.39 Å². The number of benzene rings is 1. The number of hydrogen-bond acceptors (Lipinski definition) is 2. The van der Waals surface area contributed by atoms with Gasteiger partial charge in [0.05, 0.1) is 5.52 Å². The van der Waals surface area contributed by atoms with Gasteiger partial charge in [0, 0.05) is 13.0 Å². The summed E-state index contributed by atoms with van der Waals surface area (Å²) in [4.78, 5) is 4.47. The molecule has 0 saturated carbocycles. The van der Waals surface area contributed by atoms with Crippen molar-refractivity contribution >= 4 is 11.0 Å². The molecule has 1 aromatic carbocycles. The van der Waals surface area contributed by atoms with Crippen molar-refractivity contribution in [3.63, 3.8) is 0 Å². The molecule has 2 rings (SSSR count). The highest BCUT2D eigenvalue weighted by molar-refractivity contribution is 5.76. The predicted molar refractivity (Wildman–Crippen MR) is 76.5 cm³/mol. The quantitative estimate of drug-likeness (QED) is 0.870. The Labute approximate surface area is 113 Å². The smallest absolute Gasteiger partial charge is 0.151 e. The lowest BCUT2D eigenvalue weighted by Gasteiger charge is -2.10. The fourth-order valence-corrected chi connectivity index (χ4v) is 2.51. The minimum absolute atomic E-state index is 0.235. The maximum Gasteiger partial charge on any atom is 0.151 e. The van der Waals surface area contributed by atoms with Gasteiger partial charge in [-0.3, -0.25) is 0 Å². The topological polar surface area (TPSA) is 43.8 Å². The zero-order valence-corrected chi connectivity index (χ0v) is 11.7. The third kappa shape index (κ3) is 2.95. The molecule has 0 aliphatic rings. The van der Waals surface area contributed by atoms with Crippen molar-refractivity contribution in [2.45, 2.75) is 39.7 Å². The molecule has 4 heteroatoms. The molecule has 3 nitrogen and oxygen atoms in total. The average Bonchev–Trinajstić information content (AvgIpc) is 2.76. The van der Waals surface area contributed by atoms with Gasteiger partial charge in [-0.25, -0.2) is 9.37 Å². The molecule has 1 aromatic heterocycles. The number of nitrogens with zero attached hydrogens (tertiary/aromatic N) is 2. The van der Waals surface area contributed by atoms with Crippen LogP contribution in [0.5, 0.6) is 0 Å². The Morgan fingerprint density at radius 2 is 2.16 bits per heavy atom. The molecule has 19 heavy (non-hydrogen) atoms. The maximum atomic E-state index is 13.7. The lowest BCUT2D eigenvalue weighted by Crippen LogP contribution is -2.08. The van der Waals surface area contributed by atoms with Gasteiger partial charge in [0.2, 0.25) is 0 Å². The second-order valence-corrected chi connectivity index (χ2v) is 5.10. The summed E-state index contributed by atoms with van der Waals surface area (Å²) in [7, 11) is 0. The molecule has 0 spiro atoms. The Kier molecular flexibility index (Phi) is 4.53. The van der Waals surface area contributed by atoms with Crippen LogP contribution in [0.3, 0.4) is 0 Å². The Hall–Kier alpha value is -1.42. The summed E-state index contributed by atoms with van der Waals surface area (Å²) in [5.74, 6) is 1.33. The van der Waals surface area contributed by atoms with E-state index in [1.165, 1.54) is 6.07 Å². The Morgan fingerprint density at radius 1 is 1.37 bits per heavy atom. The van der Waals surface area contributed by atoms with Crippen LogP contribution >= 0.6 is 0 Å². The summed E-state index contributed by atoms with van der Waals surface area (Å²) in [6, 6.07) is 5.14. The lowest BCUT2D eigenvalue weighted by atomic mass is 10.0. The van der Waals surface area contributed by atoms with Crippen molar-refractivity contribution in [2.24, 2.45) is 11.7 Å². The fraction of sp³-hybridized carbons (Fsp3) is 0.533. The van der Waals surface area contributed by atoms with Crippen LogP contribution in [0, 0.1) is 11.7 Å². The fourth-order valence-electron chi connectivity index (χ4n) is 2.51. The highest BCUT2D eigenvalue weighted by Crippen LogP contribution is 2.21. The van der Waals surface area contributed by atoms with Gasteiger partial charge < -0.3 is 10.3 Å². The first kappa shape index (κ1) is 14.0. The Balaban J connectivity index is 2.25. The predicted octanol–water partition coefficient (Wildman–Crippen LogP) is 3.11. The molecule has 0 bridgehead atoms. The van der Waals surface area contributed by atoms with Gasteiger partial charge >= 0.3 is 0 Å².